The highest BCUT2D eigenvalue weighted by Crippen LogP contribution is 2.29. The Morgan fingerprint density at radius 2 is 2.07 bits per heavy atom. The van der Waals surface area contributed by atoms with Crippen LogP contribution in [0.3, 0.4) is 0 Å². The fourth-order valence-electron chi connectivity index (χ4n) is 1.06. The predicted molar refractivity (Wildman–Crippen MR) is 48.6 cm³/mol. The lowest BCUT2D eigenvalue weighted by molar-refractivity contribution is -0.0884. The summed E-state index contributed by atoms with van der Waals surface area (Å²) in [6, 6.07) is 6.02. The zero-order valence-corrected chi connectivity index (χ0v) is 8.00. The average Bonchev–Trinajstić information content (AvgIpc) is 2.17. The normalized spacial score (nSPS) is 15.3. The minimum atomic E-state index is -2.82. The Balaban J connectivity index is 3.06. The van der Waals surface area contributed by atoms with E-state index in [1.54, 1.807) is 12.1 Å². The summed E-state index contributed by atoms with van der Waals surface area (Å²) in [6.45, 7) is 1.08. The summed E-state index contributed by atoms with van der Waals surface area (Å²) in [7, 11) is 1.44. The Morgan fingerprint density at radius 3 is 2.57 bits per heavy atom. The van der Waals surface area contributed by atoms with E-state index in [1.807, 2.05) is 0 Å². The molecular formula is C10H12F2O2. The van der Waals surface area contributed by atoms with Crippen molar-refractivity contribution in [2.45, 2.75) is 19.0 Å². The zero-order valence-electron chi connectivity index (χ0n) is 8.00. The van der Waals surface area contributed by atoms with E-state index < -0.39 is 12.0 Å². The lowest BCUT2D eigenvalue weighted by atomic mass is 9.96. The number of rotatable bonds is 3. The number of methoxy groups -OCH3 is 1. The van der Waals surface area contributed by atoms with E-state index in [0.717, 1.165) is 6.92 Å². The lowest BCUT2D eigenvalue weighted by Gasteiger charge is -2.22. The third kappa shape index (κ3) is 2.01. The standard InChI is InChI=1S/C10H12F2O2/c1-10(13,9(11)12)7-4-3-5-8(6-7)14-2/h3-6,9,13H,1-2H3/t10-/m0/s1. The fourth-order valence-corrected chi connectivity index (χ4v) is 1.06. The second-order valence-electron chi connectivity index (χ2n) is 3.18. The molecule has 1 aromatic rings. The molecule has 78 valence electrons. The van der Waals surface area contributed by atoms with Gasteiger partial charge in [-0.3, -0.25) is 0 Å². The van der Waals surface area contributed by atoms with Gasteiger partial charge in [0.15, 0.2) is 0 Å². The highest BCUT2D eigenvalue weighted by molar-refractivity contribution is 5.32. The fraction of sp³-hybridized carbons (Fsp3) is 0.400. The molecule has 0 aliphatic heterocycles. The van der Waals surface area contributed by atoms with E-state index in [9.17, 15) is 13.9 Å². The van der Waals surface area contributed by atoms with E-state index in [-0.39, 0.29) is 5.56 Å². The molecule has 2 nitrogen and oxygen atoms in total. The zero-order chi connectivity index (χ0) is 10.8. The summed E-state index contributed by atoms with van der Waals surface area (Å²) >= 11 is 0. The molecule has 1 atom stereocenters. The van der Waals surface area contributed by atoms with Gasteiger partial charge in [0.2, 0.25) is 0 Å². The SMILES string of the molecule is COc1cccc([C@](C)(O)C(F)F)c1. The van der Waals surface area contributed by atoms with E-state index >= 15 is 0 Å². The molecule has 0 heterocycles. The quantitative estimate of drug-likeness (QED) is 0.813. The number of alkyl halides is 2. The second kappa shape index (κ2) is 3.92. The number of aliphatic hydroxyl groups is 1. The molecule has 0 aliphatic rings. The van der Waals surface area contributed by atoms with Gasteiger partial charge in [-0.05, 0) is 24.6 Å². The van der Waals surface area contributed by atoms with Crippen LogP contribution in [0.1, 0.15) is 12.5 Å². The number of hydrogen-bond acceptors (Lipinski definition) is 2. The van der Waals surface area contributed by atoms with Crippen LogP contribution in [0.25, 0.3) is 0 Å². The van der Waals surface area contributed by atoms with Gasteiger partial charge in [-0.15, -0.1) is 0 Å². The second-order valence-corrected chi connectivity index (χ2v) is 3.18. The maximum absolute atomic E-state index is 12.4. The molecule has 0 amide bonds. The Labute approximate surface area is 81.1 Å². The molecule has 1 aromatic carbocycles. The van der Waals surface area contributed by atoms with Crippen LogP contribution < -0.4 is 4.74 Å². The Morgan fingerprint density at radius 1 is 1.43 bits per heavy atom. The lowest BCUT2D eigenvalue weighted by Crippen LogP contribution is -2.30. The number of benzene rings is 1. The van der Waals surface area contributed by atoms with E-state index in [4.69, 9.17) is 4.74 Å². The summed E-state index contributed by atoms with van der Waals surface area (Å²) in [5, 5.41) is 9.48. The summed E-state index contributed by atoms with van der Waals surface area (Å²) in [6.07, 6.45) is -2.82. The van der Waals surface area contributed by atoms with Gasteiger partial charge in [-0.25, -0.2) is 8.78 Å². The number of halogens is 2. The van der Waals surface area contributed by atoms with Crippen molar-refractivity contribution in [3.8, 4) is 5.75 Å². The predicted octanol–water partition coefficient (Wildman–Crippen LogP) is 2.17. The van der Waals surface area contributed by atoms with Crippen LogP contribution in [0.4, 0.5) is 8.78 Å². The minimum absolute atomic E-state index is 0.145. The molecule has 4 heteroatoms. The van der Waals surface area contributed by atoms with Crippen molar-refractivity contribution in [3.63, 3.8) is 0 Å². The molecule has 1 N–H and O–H groups in total. The molecule has 0 fully saturated rings. The third-order valence-corrected chi connectivity index (χ3v) is 2.08. The molecule has 0 saturated heterocycles. The van der Waals surface area contributed by atoms with Crippen molar-refractivity contribution in [2.75, 3.05) is 7.11 Å². The maximum atomic E-state index is 12.4. The van der Waals surface area contributed by atoms with Crippen LogP contribution in [-0.2, 0) is 5.60 Å². The first-order valence-corrected chi connectivity index (χ1v) is 4.13. The Hall–Kier alpha value is -1.16. The first kappa shape index (κ1) is 10.9. The van der Waals surface area contributed by atoms with Gasteiger partial charge in [0.1, 0.15) is 11.4 Å². The Kier molecular flexibility index (Phi) is 3.06. The smallest absolute Gasteiger partial charge is 0.270 e. The summed E-state index contributed by atoms with van der Waals surface area (Å²) in [4.78, 5) is 0. The maximum Gasteiger partial charge on any atom is 0.270 e. The summed E-state index contributed by atoms with van der Waals surface area (Å²) in [5.74, 6) is 0.448. The van der Waals surface area contributed by atoms with Gasteiger partial charge >= 0.3 is 0 Å². The minimum Gasteiger partial charge on any atom is -0.497 e. The first-order chi connectivity index (χ1) is 6.48. The topological polar surface area (TPSA) is 29.5 Å². The first-order valence-electron chi connectivity index (χ1n) is 4.13. The van der Waals surface area contributed by atoms with Crippen molar-refractivity contribution in [1.29, 1.82) is 0 Å². The van der Waals surface area contributed by atoms with Crippen molar-refractivity contribution in [2.24, 2.45) is 0 Å². The number of hydrogen-bond donors (Lipinski definition) is 1. The molecule has 1 rings (SSSR count). The van der Waals surface area contributed by atoms with Gasteiger partial charge in [-0.2, -0.15) is 0 Å². The molecule has 0 unspecified atom stereocenters. The van der Waals surface area contributed by atoms with Crippen molar-refractivity contribution >= 4 is 0 Å². The molecule has 0 bridgehead atoms. The summed E-state index contributed by atoms with van der Waals surface area (Å²) in [5.41, 5.74) is -1.99. The van der Waals surface area contributed by atoms with E-state index in [0.29, 0.717) is 5.75 Å². The molecule has 0 radical (unpaired) electrons. The largest absolute Gasteiger partial charge is 0.497 e. The van der Waals surface area contributed by atoms with Crippen LogP contribution in [0, 0.1) is 0 Å². The van der Waals surface area contributed by atoms with Crippen LogP contribution in [0.5, 0.6) is 5.75 Å². The van der Waals surface area contributed by atoms with E-state index in [1.165, 1.54) is 19.2 Å². The van der Waals surface area contributed by atoms with Gasteiger partial charge in [0.25, 0.3) is 6.43 Å². The Bertz CT molecular complexity index is 311. The van der Waals surface area contributed by atoms with Gasteiger partial charge in [0, 0.05) is 0 Å². The molecule has 14 heavy (non-hydrogen) atoms. The molecule has 0 saturated carbocycles. The van der Waals surface area contributed by atoms with Gasteiger partial charge in [0.05, 0.1) is 7.11 Å². The van der Waals surface area contributed by atoms with Crippen LogP contribution in [-0.4, -0.2) is 18.6 Å². The molecule has 0 aromatic heterocycles. The monoisotopic (exact) mass is 202 g/mol. The van der Waals surface area contributed by atoms with Crippen LogP contribution >= 0.6 is 0 Å². The summed E-state index contributed by atoms with van der Waals surface area (Å²) < 4.78 is 29.8. The average molecular weight is 202 g/mol. The third-order valence-electron chi connectivity index (χ3n) is 2.08. The molecule has 0 aliphatic carbocycles. The van der Waals surface area contributed by atoms with Gasteiger partial charge in [-0.1, -0.05) is 12.1 Å². The highest BCUT2D eigenvalue weighted by atomic mass is 19.3. The highest BCUT2D eigenvalue weighted by Gasteiger charge is 2.34. The van der Waals surface area contributed by atoms with E-state index in [2.05, 4.69) is 0 Å². The van der Waals surface area contributed by atoms with Crippen LogP contribution in [0.2, 0.25) is 0 Å². The van der Waals surface area contributed by atoms with Gasteiger partial charge < -0.3 is 9.84 Å². The van der Waals surface area contributed by atoms with Crippen molar-refractivity contribution < 1.29 is 18.6 Å². The van der Waals surface area contributed by atoms with Crippen molar-refractivity contribution in [3.05, 3.63) is 29.8 Å². The molecular weight excluding hydrogens is 190 g/mol. The molecule has 0 spiro atoms. The van der Waals surface area contributed by atoms with Crippen LogP contribution in [0.15, 0.2) is 24.3 Å². The van der Waals surface area contributed by atoms with Crippen molar-refractivity contribution in [1.82, 2.24) is 0 Å². The number of ether oxygens (including phenoxy) is 1.